The third-order valence-corrected chi connectivity index (χ3v) is 3.22. The molecule has 1 aliphatic rings. The zero-order valence-corrected chi connectivity index (χ0v) is 10.2. The SMILES string of the molecule is CCOCCNC1CCCc2c1cnn2C. The van der Waals surface area contributed by atoms with Crippen molar-refractivity contribution in [1.82, 2.24) is 15.1 Å². The molecule has 1 aromatic heterocycles. The molecule has 0 amide bonds. The third kappa shape index (κ3) is 2.44. The van der Waals surface area contributed by atoms with E-state index >= 15 is 0 Å². The Morgan fingerprint density at radius 2 is 2.50 bits per heavy atom. The predicted octanol–water partition coefficient (Wildman–Crippen LogP) is 1.42. The van der Waals surface area contributed by atoms with Gasteiger partial charge in [0.05, 0.1) is 12.8 Å². The monoisotopic (exact) mass is 223 g/mol. The molecular formula is C12H21N3O. The summed E-state index contributed by atoms with van der Waals surface area (Å²) < 4.78 is 7.34. The number of nitrogens with one attached hydrogen (secondary N) is 1. The number of rotatable bonds is 5. The Bertz CT molecular complexity index is 335. The molecule has 0 spiro atoms. The Morgan fingerprint density at radius 1 is 1.62 bits per heavy atom. The lowest BCUT2D eigenvalue weighted by atomic mass is 9.93. The molecule has 0 aromatic carbocycles. The normalized spacial score (nSPS) is 19.8. The average Bonchev–Trinajstić information content (AvgIpc) is 2.68. The van der Waals surface area contributed by atoms with E-state index in [1.807, 2.05) is 24.9 Å². The summed E-state index contributed by atoms with van der Waals surface area (Å²) >= 11 is 0. The van der Waals surface area contributed by atoms with Gasteiger partial charge in [-0.15, -0.1) is 0 Å². The molecule has 4 nitrogen and oxygen atoms in total. The first-order valence-corrected chi connectivity index (χ1v) is 6.14. The fourth-order valence-corrected chi connectivity index (χ4v) is 2.37. The maximum atomic E-state index is 5.33. The van der Waals surface area contributed by atoms with Gasteiger partial charge in [-0.25, -0.2) is 0 Å². The average molecular weight is 223 g/mol. The van der Waals surface area contributed by atoms with Gasteiger partial charge in [-0.05, 0) is 26.2 Å². The van der Waals surface area contributed by atoms with Crippen molar-refractivity contribution in [3.8, 4) is 0 Å². The minimum Gasteiger partial charge on any atom is -0.380 e. The van der Waals surface area contributed by atoms with E-state index in [1.54, 1.807) is 0 Å². The van der Waals surface area contributed by atoms with E-state index < -0.39 is 0 Å². The molecule has 1 heterocycles. The standard InChI is InChI=1S/C12H21N3O/c1-3-16-8-7-13-11-5-4-6-12-10(11)9-14-15(12)2/h9,11,13H,3-8H2,1-2H3. The summed E-state index contributed by atoms with van der Waals surface area (Å²) in [6, 6.07) is 0.470. The van der Waals surface area contributed by atoms with Gasteiger partial charge in [0.1, 0.15) is 0 Å². The van der Waals surface area contributed by atoms with Crippen LogP contribution in [-0.2, 0) is 18.2 Å². The highest BCUT2D eigenvalue weighted by molar-refractivity contribution is 5.24. The smallest absolute Gasteiger partial charge is 0.0590 e. The van der Waals surface area contributed by atoms with Crippen molar-refractivity contribution >= 4 is 0 Å². The van der Waals surface area contributed by atoms with Gasteiger partial charge in [0.25, 0.3) is 0 Å². The number of ether oxygens (including phenoxy) is 1. The van der Waals surface area contributed by atoms with Crippen molar-refractivity contribution in [2.75, 3.05) is 19.8 Å². The molecule has 2 rings (SSSR count). The summed E-state index contributed by atoms with van der Waals surface area (Å²) in [6.45, 7) is 4.54. The van der Waals surface area contributed by atoms with E-state index in [-0.39, 0.29) is 0 Å². The fourth-order valence-electron chi connectivity index (χ4n) is 2.37. The van der Waals surface area contributed by atoms with Gasteiger partial charge in [0.15, 0.2) is 0 Å². The second kappa shape index (κ2) is 5.46. The van der Waals surface area contributed by atoms with Crippen LogP contribution in [0, 0.1) is 0 Å². The van der Waals surface area contributed by atoms with Crippen LogP contribution < -0.4 is 5.32 Å². The first kappa shape index (κ1) is 11.6. The van der Waals surface area contributed by atoms with Crippen LogP contribution in [0.3, 0.4) is 0 Å². The molecule has 0 fully saturated rings. The Hall–Kier alpha value is -0.870. The topological polar surface area (TPSA) is 39.1 Å². The highest BCUT2D eigenvalue weighted by Gasteiger charge is 2.22. The first-order valence-electron chi connectivity index (χ1n) is 6.14. The molecule has 1 aliphatic carbocycles. The fraction of sp³-hybridized carbons (Fsp3) is 0.750. The molecule has 16 heavy (non-hydrogen) atoms. The number of aromatic nitrogens is 2. The lowest BCUT2D eigenvalue weighted by Gasteiger charge is -2.23. The van der Waals surface area contributed by atoms with Crippen molar-refractivity contribution in [3.05, 3.63) is 17.5 Å². The van der Waals surface area contributed by atoms with Gasteiger partial charge in [0.2, 0.25) is 0 Å². The van der Waals surface area contributed by atoms with Crippen LogP contribution in [0.2, 0.25) is 0 Å². The maximum absolute atomic E-state index is 5.33. The Balaban J connectivity index is 1.91. The van der Waals surface area contributed by atoms with Crippen LogP contribution >= 0.6 is 0 Å². The first-order chi connectivity index (χ1) is 7.83. The van der Waals surface area contributed by atoms with E-state index in [9.17, 15) is 0 Å². The number of hydrogen-bond acceptors (Lipinski definition) is 3. The van der Waals surface area contributed by atoms with Gasteiger partial charge < -0.3 is 10.1 Å². The Morgan fingerprint density at radius 3 is 3.31 bits per heavy atom. The maximum Gasteiger partial charge on any atom is 0.0590 e. The highest BCUT2D eigenvalue weighted by Crippen LogP contribution is 2.28. The molecule has 1 N–H and O–H groups in total. The molecule has 0 bridgehead atoms. The van der Waals surface area contributed by atoms with Crippen molar-refractivity contribution in [2.24, 2.45) is 7.05 Å². The molecule has 0 aliphatic heterocycles. The molecule has 4 heteroatoms. The number of nitrogens with zero attached hydrogens (tertiary/aromatic N) is 2. The van der Waals surface area contributed by atoms with E-state index in [2.05, 4.69) is 10.4 Å². The molecule has 1 unspecified atom stereocenters. The van der Waals surface area contributed by atoms with Crippen LogP contribution in [0.5, 0.6) is 0 Å². The molecular weight excluding hydrogens is 202 g/mol. The predicted molar refractivity (Wildman–Crippen MR) is 63.4 cm³/mol. The quantitative estimate of drug-likeness (QED) is 0.767. The van der Waals surface area contributed by atoms with Crippen molar-refractivity contribution in [1.29, 1.82) is 0 Å². The summed E-state index contributed by atoms with van der Waals surface area (Å²) in [5.74, 6) is 0. The molecule has 0 radical (unpaired) electrons. The second-order valence-electron chi connectivity index (χ2n) is 4.27. The minimum absolute atomic E-state index is 0.470. The minimum atomic E-state index is 0.470. The van der Waals surface area contributed by atoms with Crippen molar-refractivity contribution in [2.45, 2.75) is 32.2 Å². The van der Waals surface area contributed by atoms with Crippen LogP contribution in [0.1, 0.15) is 37.1 Å². The molecule has 90 valence electrons. The van der Waals surface area contributed by atoms with Gasteiger partial charge in [-0.2, -0.15) is 5.10 Å². The zero-order valence-electron chi connectivity index (χ0n) is 10.2. The summed E-state index contributed by atoms with van der Waals surface area (Å²) in [5.41, 5.74) is 2.77. The largest absolute Gasteiger partial charge is 0.380 e. The highest BCUT2D eigenvalue weighted by atomic mass is 16.5. The summed E-state index contributed by atoms with van der Waals surface area (Å²) in [6.07, 6.45) is 5.63. The Kier molecular flexibility index (Phi) is 3.96. The van der Waals surface area contributed by atoms with Crippen molar-refractivity contribution in [3.63, 3.8) is 0 Å². The summed E-state index contributed by atoms with van der Waals surface area (Å²) in [4.78, 5) is 0. The van der Waals surface area contributed by atoms with E-state index in [4.69, 9.17) is 4.74 Å². The van der Waals surface area contributed by atoms with Gasteiger partial charge in [-0.1, -0.05) is 0 Å². The van der Waals surface area contributed by atoms with Gasteiger partial charge in [-0.3, -0.25) is 4.68 Å². The Labute approximate surface area is 97.0 Å². The van der Waals surface area contributed by atoms with Crippen LogP contribution in [0.4, 0.5) is 0 Å². The molecule has 1 aromatic rings. The molecule has 1 atom stereocenters. The molecule has 0 saturated carbocycles. The van der Waals surface area contributed by atoms with Crippen molar-refractivity contribution < 1.29 is 4.74 Å². The number of fused-ring (bicyclic) bond motifs is 1. The van der Waals surface area contributed by atoms with E-state index in [0.717, 1.165) is 26.2 Å². The second-order valence-corrected chi connectivity index (χ2v) is 4.27. The van der Waals surface area contributed by atoms with Crippen LogP contribution in [-0.4, -0.2) is 29.5 Å². The summed E-state index contributed by atoms with van der Waals surface area (Å²) in [7, 11) is 2.03. The lowest BCUT2D eigenvalue weighted by molar-refractivity contribution is 0.146. The van der Waals surface area contributed by atoms with E-state index in [1.165, 1.54) is 24.1 Å². The summed E-state index contributed by atoms with van der Waals surface area (Å²) in [5, 5.41) is 7.89. The van der Waals surface area contributed by atoms with Crippen LogP contribution in [0.15, 0.2) is 6.20 Å². The van der Waals surface area contributed by atoms with E-state index in [0.29, 0.717) is 6.04 Å². The zero-order chi connectivity index (χ0) is 11.4. The van der Waals surface area contributed by atoms with Gasteiger partial charge in [0, 0.05) is 37.5 Å². The number of aryl methyl sites for hydroxylation is 1. The molecule has 0 saturated heterocycles. The van der Waals surface area contributed by atoms with Crippen LogP contribution in [0.25, 0.3) is 0 Å². The third-order valence-electron chi connectivity index (χ3n) is 3.22. The van der Waals surface area contributed by atoms with Gasteiger partial charge >= 0.3 is 0 Å². The number of hydrogen-bond donors (Lipinski definition) is 1. The lowest BCUT2D eigenvalue weighted by Crippen LogP contribution is -2.28.